The van der Waals surface area contributed by atoms with Crippen molar-refractivity contribution in [2.45, 2.75) is 11.8 Å². The summed E-state index contributed by atoms with van der Waals surface area (Å²) in [6.45, 7) is 1.85. The number of halogens is 1. The third kappa shape index (κ3) is 1.66. The Bertz CT molecular complexity index is 344. The van der Waals surface area contributed by atoms with Crippen LogP contribution in [-0.2, 0) is 0 Å². The molecule has 1 rings (SSSR count). The summed E-state index contributed by atoms with van der Waals surface area (Å²) in [4.78, 5) is 0.858. The average molecular weight is 199 g/mol. The molecule has 0 amide bonds. The normalized spacial score (nSPS) is 9.42. The second-order valence-corrected chi connectivity index (χ2v) is 3.49. The molecule has 1 aromatic rings. The minimum Gasteiger partial charge on any atom is -0.398 e. The molecule has 2 N–H and O–H groups in total. The molecule has 4 heteroatoms. The largest absolute Gasteiger partial charge is 0.398 e. The zero-order chi connectivity index (χ0) is 9.14. The maximum atomic E-state index is 8.44. The third-order valence-corrected chi connectivity index (χ3v) is 2.78. The molecule has 0 saturated carbocycles. The highest BCUT2D eigenvalue weighted by Crippen LogP contribution is 2.31. The van der Waals surface area contributed by atoms with Gasteiger partial charge in [-0.25, -0.2) is 0 Å². The van der Waals surface area contributed by atoms with Gasteiger partial charge in [-0.3, -0.25) is 0 Å². The first-order valence-corrected chi connectivity index (χ1v) is 4.46. The maximum Gasteiger partial charge on any atom is 0.138 e. The molecule has 0 atom stereocenters. The van der Waals surface area contributed by atoms with E-state index in [0.717, 1.165) is 22.2 Å². The second kappa shape index (κ2) is 3.70. The molecule has 2 nitrogen and oxygen atoms in total. The predicted molar refractivity (Wildman–Crippen MR) is 52.1 cm³/mol. The van der Waals surface area contributed by atoms with Crippen LogP contribution in [-0.4, -0.2) is 0 Å². The molecule has 62 valence electrons. The molecular formula is C8H7ClN2S. The van der Waals surface area contributed by atoms with Gasteiger partial charge in [-0.15, -0.1) is 0 Å². The van der Waals surface area contributed by atoms with Gasteiger partial charge < -0.3 is 5.73 Å². The fourth-order valence-corrected chi connectivity index (χ4v) is 1.56. The minimum atomic E-state index is 0.537. The zero-order valence-electron chi connectivity index (χ0n) is 6.47. The van der Waals surface area contributed by atoms with Crippen LogP contribution in [0.15, 0.2) is 17.0 Å². The van der Waals surface area contributed by atoms with Crippen LogP contribution >= 0.6 is 23.4 Å². The van der Waals surface area contributed by atoms with Gasteiger partial charge in [0.05, 0.1) is 10.7 Å². The molecule has 0 radical (unpaired) electrons. The number of benzene rings is 1. The summed E-state index contributed by atoms with van der Waals surface area (Å²) >= 11 is 6.96. The van der Waals surface area contributed by atoms with E-state index < -0.39 is 0 Å². The number of nitrogen functional groups attached to an aromatic ring is 1. The molecule has 0 spiro atoms. The lowest BCUT2D eigenvalue weighted by atomic mass is 10.2. The Morgan fingerprint density at radius 2 is 2.25 bits per heavy atom. The van der Waals surface area contributed by atoms with Gasteiger partial charge in [-0.2, -0.15) is 5.26 Å². The number of hydrogen-bond donors (Lipinski definition) is 1. The Balaban J connectivity index is 3.19. The molecule has 0 aliphatic rings. The van der Waals surface area contributed by atoms with Crippen molar-refractivity contribution < 1.29 is 0 Å². The van der Waals surface area contributed by atoms with Crippen molar-refractivity contribution in [3.63, 3.8) is 0 Å². The molecular weight excluding hydrogens is 192 g/mol. The summed E-state index contributed by atoms with van der Waals surface area (Å²) in [6, 6.07) is 3.50. The average Bonchev–Trinajstić information content (AvgIpc) is 2.07. The summed E-state index contributed by atoms with van der Waals surface area (Å²) in [6.07, 6.45) is 0. The first kappa shape index (κ1) is 9.24. The van der Waals surface area contributed by atoms with Gasteiger partial charge in [0.1, 0.15) is 5.40 Å². The van der Waals surface area contributed by atoms with E-state index in [-0.39, 0.29) is 0 Å². The molecule has 0 fully saturated rings. The highest BCUT2D eigenvalue weighted by atomic mass is 35.5. The second-order valence-electron chi connectivity index (χ2n) is 2.29. The predicted octanol–water partition coefficient (Wildman–Crippen LogP) is 2.80. The van der Waals surface area contributed by atoms with Crippen molar-refractivity contribution in [3.8, 4) is 5.40 Å². The first-order valence-electron chi connectivity index (χ1n) is 3.27. The Morgan fingerprint density at radius 1 is 1.58 bits per heavy atom. The van der Waals surface area contributed by atoms with E-state index in [1.165, 1.54) is 0 Å². The summed E-state index contributed by atoms with van der Waals surface area (Å²) < 4.78 is 0. The Morgan fingerprint density at radius 3 is 2.83 bits per heavy atom. The van der Waals surface area contributed by atoms with Crippen molar-refractivity contribution >= 4 is 29.1 Å². The van der Waals surface area contributed by atoms with E-state index in [2.05, 4.69) is 0 Å². The molecule has 12 heavy (non-hydrogen) atoms. The minimum absolute atomic E-state index is 0.537. The number of thiocyanates is 1. The first-order chi connectivity index (χ1) is 5.66. The van der Waals surface area contributed by atoms with Gasteiger partial charge in [-0.1, -0.05) is 11.6 Å². The lowest BCUT2D eigenvalue weighted by molar-refractivity contribution is 1.31. The number of nitrogens with two attached hydrogens (primary N) is 1. The van der Waals surface area contributed by atoms with Crippen LogP contribution in [0.3, 0.4) is 0 Å². The van der Waals surface area contributed by atoms with E-state index in [0.29, 0.717) is 10.7 Å². The molecule has 0 bridgehead atoms. The van der Waals surface area contributed by atoms with Gasteiger partial charge in [0, 0.05) is 4.90 Å². The monoisotopic (exact) mass is 198 g/mol. The number of nitrogens with zero attached hydrogens (tertiary/aromatic N) is 1. The van der Waals surface area contributed by atoms with Crippen LogP contribution in [0.5, 0.6) is 0 Å². The third-order valence-electron chi connectivity index (χ3n) is 1.52. The quantitative estimate of drug-likeness (QED) is 0.429. The van der Waals surface area contributed by atoms with E-state index >= 15 is 0 Å². The summed E-state index contributed by atoms with van der Waals surface area (Å²) in [5.41, 5.74) is 6.98. The maximum absolute atomic E-state index is 8.44. The van der Waals surface area contributed by atoms with E-state index in [1.807, 2.05) is 12.3 Å². The van der Waals surface area contributed by atoms with Crippen molar-refractivity contribution in [2.75, 3.05) is 5.73 Å². The number of rotatable bonds is 1. The van der Waals surface area contributed by atoms with E-state index in [1.54, 1.807) is 12.1 Å². The standard InChI is InChI=1S/C8H7ClN2S/c1-5-7(12-4-10)3-2-6(11)8(5)9/h2-3H,11H2,1H3. The highest BCUT2D eigenvalue weighted by molar-refractivity contribution is 8.03. The molecule has 0 aromatic heterocycles. The summed E-state index contributed by atoms with van der Waals surface area (Å²) in [7, 11) is 0. The van der Waals surface area contributed by atoms with Gasteiger partial charge in [0.2, 0.25) is 0 Å². The SMILES string of the molecule is Cc1c(SC#N)ccc(N)c1Cl. The van der Waals surface area contributed by atoms with Crippen molar-refractivity contribution in [1.82, 2.24) is 0 Å². The van der Waals surface area contributed by atoms with E-state index in [4.69, 9.17) is 22.6 Å². The Kier molecular flexibility index (Phi) is 2.85. The lowest BCUT2D eigenvalue weighted by Crippen LogP contribution is -1.89. The molecule has 0 saturated heterocycles. The highest BCUT2D eigenvalue weighted by Gasteiger charge is 2.05. The number of hydrogen-bond acceptors (Lipinski definition) is 3. The van der Waals surface area contributed by atoms with Crippen molar-refractivity contribution in [1.29, 1.82) is 5.26 Å². The van der Waals surface area contributed by atoms with Crippen LogP contribution in [0.2, 0.25) is 5.02 Å². The molecule has 1 aromatic carbocycles. The Hall–Kier alpha value is -0.850. The van der Waals surface area contributed by atoms with Crippen LogP contribution in [0.25, 0.3) is 0 Å². The van der Waals surface area contributed by atoms with Gasteiger partial charge in [0.25, 0.3) is 0 Å². The number of anilines is 1. The lowest BCUT2D eigenvalue weighted by Gasteiger charge is -2.04. The van der Waals surface area contributed by atoms with Crippen LogP contribution in [0, 0.1) is 17.6 Å². The number of nitriles is 1. The van der Waals surface area contributed by atoms with Gasteiger partial charge in [0.15, 0.2) is 0 Å². The van der Waals surface area contributed by atoms with Crippen LogP contribution < -0.4 is 5.73 Å². The van der Waals surface area contributed by atoms with Crippen LogP contribution in [0.1, 0.15) is 5.56 Å². The molecule has 0 unspecified atom stereocenters. The van der Waals surface area contributed by atoms with Crippen LogP contribution in [0.4, 0.5) is 5.69 Å². The Labute approximate surface area is 80.3 Å². The fourth-order valence-electron chi connectivity index (χ4n) is 0.848. The van der Waals surface area contributed by atoms with Gasteiger partial charge in [-0.05, 0) is 36.4 Å². The fraction of sp³-hybridized carbons (Fsp3) is 0.125. The topological polar surface area (TPSA) is 49.8 Å². The zero-order valence-corrected chi connectivity index (χ0v) is 8.04. The number of thioether (sulfide) groups is 1. The van der Waals surface area contributed by atoms with E-state index in [9.17, 15) is 0 Å². The smallest absolute Gasteiger partial charge is 0.138 e. The summed E-state index contributed by atoms with van der Waals surface area (Å²) in [5, 5.41) is 11.0. The molecule has 0 heterocycles. The molecule has 0 aliphatic carbocycles. The van der Waals surface area contributed by atoms with Crippen molar-refractivity contribution in [2.24, 2.45) is 0 Å². The summed E-state index contributed by atoms with van der Waals surface area (Å²) in [5.74, 6) is 0. The molecule has 0 aliphatic heterocycles. The van der Waals surface area contributed by atoms with Gasteiger partial charge >= 0.3 is 0 Å². The van der Waals surface area contributed by atoms with Crippen molar-refractivity contribution in [3.05, 3.63) is 22.7 Å².